The molecule has 0 aliphatic carbocycles. The molecule has 0 spiro atoms. The molecule has 0 fully saturated rings. The Kier molecular flexibility index (Phi) is 5.69. The maximum atomic E-state index is 6.43. The lowest BCUT2D eigenvalue weighted by Gasteiger charge is -2.25. The Bertz CT molecular complexity index is 1090. The molecule has 6 heteroatoms. The lowest BCUT2D eigenvalue weighted by Crippen LogP contribution is -3.08. The highest BCUT2D eigenvalue weighted by molar-refractivity contribution is 6.31. The van der Waals surface area contributed by atoms with E-state index in [9.17, 15) is 0 Å². The van der Waals surface area contributed by atoms with Gasteiger partial charge in [0.1, 0.15) is 6.54 Å². The molecule has 0 amide bonds. The normalized spacial score (nSPS) is 13.2. The van der Waals surface area contributed by atoms with E-state index in [1.54, 1.807) is 0 Å². The molecule has 0 saturated carbocycles. The molecule has 0 aliphatic heterocycles. The molecule has 29 heavy (non-hydrogen) atoms. The minimum atomic E-state index is -0.0536. The summed E-state index contributed by atoms with van der Waals surface area (Å²) < 4.78 is 1.85. The average Bonchev–Trinajstić information content (AvgIpc) is 3.20. The average molecular weight is 405 g/mol. The number of hydrogen-bond acceptors (Lipinski definition) is 3. The fourth-order valence-corrected chi connectivity index (χ4v) is 3.89. The van der Waals surface area contributed by atoms with Crippen molar-refractivity contribution >= 4 is 11.6 Å². The third-order valence-electron chi connectivity index (χ3n) is 5.15. The molecule has 0 aliphatic rings. The van der Waals surface area contributed by atoms with Gasteiger partial charge >= 0.3 is 0 Å². The van der Waals surface area contributed by atoms with Gasteiger partial charge in [-0.25, -0.2) is 0 Å². The number of aromatic nitrogens is 4. The molecule has 3 aromatic carbocycles. The molecule has 4 aromatic rings. The predicted molar refractivity (Wildman–Crippen MR) is 114 cm³/mol. The second kappa shape index (κ2) is 8.55. The Morgan fingerprint density at radius 2 is 1.62 bits per heavy atom. The van der Waals surface area contributed by atoms with Gasteiger partial charge in [0.15, 0.2) is 6.04 Å². The van der Waals surface area contributed by atoms with Crippen molar-refractivity contribution in [2.45, 2.75) is 19.5 Å². The van der Waals surface area contributed by atoms with Gasteiger partial charge in [-0.1, -0.05) is 78.3 Å². The predicted octanol–water partition coefficient (Wildman–Crippen LogP) is 3.43. The number of quaternary nitrogens is 1. The molecule has 5 nitrogen and oxygen atoms in total. The molecule has 0 saturated heterocycles. The van der Waals surface area contributed by atoms with E-state index in [-0.39, 0.29) is 6.04 Å². The summed E-state index contributed by atoms with van der Waals surface area (Å²) in [5, 5.41) is 13.6. The Morgan fingerprint density at radius 1 is 0.931 bits per heavy atom. The number of aryl methyl sites for hydroxylation is 1. The zero-order valence-electron chi connectivity index (χ0n) is 16.5. The molecular weight excluding hydrogens is 382 g/mol. The third kappa shape index (κ3) is 4.06. The maximum Gasteiger partial charge on any atom is 0.218 e. The van der Waals surface area contributed by atoms with E-state index >= 15 is 0 Å². The Hall–Kier alpha value is -3.02. The van der Waals surface area contributed by atoms with Crippen molar-refractivity contribution in [2.75, 3.05) is 7.05 Å². The Balaban J connectivity index is 1.78. The van der Waals surface area contributed by atoms with Crippen LogP contribution in [-0.2, 0) is 6.54 Å². The van der Waals surface area contributed by atoms with E-state index in [4.69, 9.17) is 11.6 Å². The van der Waals surface area contributed by atoms with Gasteiger partial charge in [0.25, 0.3) is 0 Å². The van der Waals surface area contributed by atoms with E-state index in [1.807, 2.05) is 59.3 Å². The largest absolute Gasteiger partial charge is 0.321 e. The van der Waals surface area contributed by atoms with Crippen LogP contribution in [0.1, 0.15) is 28.6 Å². The molecule has 146 valence electrons. The van der Waals surface area contributed by atoms with Crippen molar-refractivity contribution in [1.29, 1.82) is 0 Å². The first kappa shape index (κ1) is 19.3. The van der Waals surface area contributed by atoms with Crippen molar-refractivity contribution in [3.05, 3.63) is 106 Å². The smallest absolute Gasteiger partial charge is 0.218 e. The van der Waals surface area contributed by atoms with Crippen LogP contribution in [0.3, 0.4) is 0 Å². The van der Waals surface area contributed by atoms with Crippen LogP contribution in [0, 0.1) is 6.92 Å². The third-order valence-corrected chi connectivity index (χ3v) is 5.52. The second-order valence-corrected chi connectivity index (χ2v) is 7.60. The number of tetrazole rings is 1. The number of benzene rings is 3. The van der Waals surface area contributed by atoms with Gasteiger partial charge in [-0.05, 0) is 35.0 Å². The Labute approximate surface area is 175 Å². The molecule has 4 rings (SSSR count). The molecule has 1 unspecified atom stereocenters. The fourth-order valence-electron chi connectivity index (χ4n) is 3.69. The van der Waals surface area contributed by atoms with Crippen LogP contribution in [-0.4, -0.2) is 27.3 Å². The second-order valence-electron chi connectivity index (χ2n) is 7.19. The van der Waals surface area contributed by atoms with E-state index in [1.165, 1.54) is 4.90 Å². The van der Waals surface area contributed by atoms with Gasteiger partial charge in [0, 0.05) is 16.1 Å². The first-order chi connectivity index (χ1) is 14.1. The van der Waals surface area contributed by atoms with Crippen molar-refractivity contribution in [2.24, 2.45) is 0 Å². The highest BCUT2D eigenvalue weighted by Crippen LogP contribution is 2.22. The zero-order chi connectivity index (χ0) is 20.2. The number of nitrogens with zero attached hydrogens (tertiary/aromatic N) is 4. The maximum absolute atomic E-state index is 6.43. The molecular formula is C23H23ClN5+. The van der Waals surface area contributed by atoms with Crippen LogP contribution in [0.5, 0.6) is 0 Å². The van der Waals surface area contributed by atoms with Gasteiger partial charge in [-0.2, -0.15) is 4.68 Å². The lowest BCUT2D eigenvalue weighted by atomic mass is 10.0. The number of nitrogens with one attached hydrogen (secondary N) is 1. The summed E-state index contributed by atoms with van der Waals surface area (Å²) in [7, 11) is 2.15. The zero-order valence-corrected chi connectivity index (χ0v) is 17.2. The summed E-state index contributed by atoms with van der Waals surface area (Å²) in [5.74, 6) is 0.801. The van der Waals surface area contributed by atoms with Crippen molar-refractivity contribution in [3.8, 4) is 5.69 Å². The first-order valence-electron chi connectivity index (χ1n) is 9.60. The van der Waals surface area contributed by atoms with Crippen LogP contribution in [0.2, 0.25) is 5.02 Å². The topological polar surface area (TPSA) is 48.0 Å². The minimum Gasteiger partial charge on any atom is -0.321 e. The number of hydrogen-bond donors (Lipinski definition) is 1. The van der Waals surface area contributed by atoms with Gasteiger partial charge in [0.2, 0.25) is 5.82 Å². The van der Waals surface area contributed by atoms with Gasteiger partial charge in [-0.3, -0.25) is 0 Å². The van der Waals surface area contributed by atoms with Crippen LogP contribution in [0.25, 0.3) is 5.69 Å². The van der Waals surface area contributed by atoms with E-state index < -0.39 is 0 Å². The van der Waals surface area contributed by atoms with E-state index in [0.29, 0.717) is 0 Å². The summed E-state index contributed by atoms with van der Waals surface area (Å²) in [6.07, 6.45) is 0. The van der Waals surface area contributed by atoms with Crippen molar-refractivity contribution in [3.63, 3.8) is 0 Å². The monoisotopic (exact) mass is 404 g/mol. The van der Waals surface area contributed by atoms with Crippen LogP contribution in [0.4, 0.5) is 0 Å². The molecule has 1 aromatic heterocycles. The quantitative estimate of drug-likeness (QED) is 0.535. The number of halogens is 1. The van der Waals surface area contributed by atoms with Crippen LogP contribution >= 0.6 is 11.6 Å². The number of rotatable bonds is 6. The van der Waals surface area contributed by atoms with Crippen molar-refractivity contribution < 1.29 is 4.90 Å². The molecule has 2 atom stereocenters. The van der Waals surface area contributed by atoms with Gasteiger partial charge in [0.05, 0.1) is 12.7 Å². The molecule has 1 heterocycles. The van der Waals surface area contributed by atoms with Crippen LogP contribution in [0.15, 0.2) is 78.9 Å². The Morgan fingerprint density at radius 3 is 2.38 bits per heavy atom. The summed E-state index contributed by atoms with van der Waals surface area (Å²) >= 11 is 6.43. The summed E-state index contributed by atoms with van der Waals surface area (Å²) in [6, 6.07) is 26.4. The lowest BCUT2D eigenvalue weighted by molar-refractivity contribution is -0.920. The highest BCUT2D eigenvalue weighted by atomic mass is 35.5. The standard InChI is InChI=1S/C23H22ClN5/c1-17-10-6-9-15-21(17)29-23(25-26-27-29)22(18-11-4-3-5-12-18)28(2)16-19-13-7-8-14-20(19)24/h3-15,22H,16H2,1-2H3/p+1/t22-/m0/s1. The SMILES string of the molecule is Cc1ccccc1-n1nnnc1[C@H](c1ccccc1)[NH+](C)Cc1ccccc1Cl. The number of para-hydroxylation sites is 1. The molecule has 0 bridgehead atoms. The van der Waals surface area contributed by atoms with Crippen molar-refractivity contribution in [1.82, 2.24) is 20.2 Å². The first-order valence-corrected chi connectivity index (χ1v) is 9.98. The van der Waals surface area contributed by atoms with Crippen LogP contribution < -0.4 is 4.90 Å². The molecule has 0 radical (unpaired) electrons. The molecule has 1 N–H and O–H groups in total. The highest BCUT2D eigenvalue weighted by Gasteiger charge is 2.30. The summed E-state index contributed by atoms with van der Waals surface area (Å²) in [4.78, 5) is 1.23. The minimum absolute atomic E-state index is 0.0536. The van der Waals surface area contributed by atoms with Gasteiger partial charge < -0.3 is 4.90 Å². The summed E-state index contributed by atoms with van der Waals surface area (Å²) in [5.41, 5.74) is 4.36. The van der Waals surface area contributed by atoms with Gasteiger partial charge in [-0.15, -0.1) is 5.10 Å². The van der Waals surface area contributed by atoms with E-state index in [2.05, 4.69) is 53.8 Å². The summed E-state index contributed by atoms with van der Waals surface area (Å²) in [6.45, 7) is 2.82. The fraction of sp³-hybridized carbons (Fsp3) is 0.174. The van der Waals surface area contributed by atoms with E-state index in [0.717, 1.165) is 39.8 Å².